The first-order valence-corrected chi connectivity index (χ1v) is 19.7. The van der Waals surface area contributed by atoms with Crippen LogP contribution < -0.4 is 0 Å². The van der Waals surface area contributed by atoms with Crippen LogP contribution >= 0.6 is 0 Å². The van der Waals surface area contributed by atoms with Crippen molar-refractivity contribution in [3.63, 3.8) is 0 Å². The Hall–Kier alpha value is -7.63. The molecule has 1 aliphatic carbocycles. The maximum atomic E-state index is 6.36. The van der Waals surface area contributed by atoms with E-state index in [-0.39, 0.29) is 5.92 Å². The average molecular weight is 744 g/mol. The summed E-state index contributed by atoms with van der Waals surface area (Å²) in [7, 11) is 0. The number of hydrogen-bond acceptors (Lipinski definition) is 5. The minimum absolute atomic E-state index is 0.173. The van der Waals surface area contributed by atoms with Crippen LogP contribution in [0.15, 0.2) is 191 Å². The predicted molar refractivity (Wildman–Crippen MR) is 237 cm³/mol. The number of para-hydroxylation sites is 2. The van der Waals surface area contributed by atoms with Gasteiger partial charge in [0.15, 0.2) is 17.5 Å². The highest BCUT2D eigenvalue weighted by atomic mass is 16.3. The van der Waals surface area contributed by atoms with Crippen molar-refractivity contribution in [2.75, 3.05) is 0 Å². The lowest BCUT2D eigenvalue weighted by Gasteiger charge is -2.18. The molecule has 0 saturated carbocycles. The lowest BCUT2D eigenvalue weighted by atomic mass is 9.88. The van der Waals surface area contributed by atoms with Crippen molar-refractivity contribution in [2.45, 2.75) is 12.3 Å². The molecule has 5 nitrogen and oxygen atoms in total. The quantitative estimate of drug-likeness (QED) is 0.176. The van der Waals surface area contributed by atoms with E-state index in [4.69, 9.17) is 23.8 Å². The Balaban J connectivity index is 1.09. The second kappa shape index (κ2) is 13.0. The van der Waals surface area contributed by atoms with Gasteiger partial charge in [0.25, 0.3) is 0 Å². The molecule has 0 bridgehead atoms. The fourth-order valence-corrected chi connectivity index (χ4v) is 8.88. The van der Waals surface area contributed by atoms with Gasteiger partial charge >= 0.3 is 0 Å². The number of rotatable bonds is 5. The third-order valence-electron chi connectivity index (χ3n) is 11.6. The standard InChI is InChI=1S/C53H33N3O2/c1-2-13-33-28-35(27-26-32(33)12-1)34-15-9-16-37(29-34)51-54-52(56-53(55-51)43-21-11-25-48-50(43)42-19-6-8-23-46(42)58-48)38-30-36-14-3-4-17-39(36)44(31-38)40-20-10-24-47-49(40)41-18-5-7-22-45(41)57-47/h1-14,16-31,34H,15H2. The summed E-state index contributed by atoms with van der Waals surface area (Å²) in [6.45, 7) is 0. The monoisotopic (exact) mass is 743 g/mol. The van der Waals surface area contributed by atoms with E-state index >= 15 is 0 Å². The van der Waals surface area contributed by atoms with Crippen LogP contribution in [0, 0.1) is 0 Å². The van der Waals surface area contributed by atoms with E-state index in [2.05, 4.69) is 133 Å². The second-order valence-electron chi connectivity index (χ2n) is 15.1. The van der Waals surface area contributed by atoms with Gasteiger partial charge < -0.3 is 8.83 Å². The van der Waals surface area contributed by atoms with Gasteiger partial charge in [0.1, 0.15) is 22.3 Å². The zero-order valence-electron chi connectivity index (χ0n) is 31.3. The van der Waals surface area contributed by atoms with Crippen LogP contribution in [-0.4, -0.2) is 15.0 Å². The molecule has 0 aliphatic heterocycles. The Bertz CT molecular complexity index is 3510. The minimum Gasteiger partial charge on any atom is -0.456 e. The van der Waals surface area contributed by atoms with Gasteiger partial charge in [0.2, 0.25) is 0 Å². The molecule has 11 aromatic rings. The molecule has 3 heterocycles. The molecule has 0 N–H and O–H groups in total. The fourth-order valence-electron chi connectivity index (χ4n) is 8.88. The highest BCUT2D eigenvalue weighted by Gasteiger charge is 2.22. The molecular formula is C53H33N3O2. The summed E-state index contributed by atoms with van der Waals surface area (Å²) in [5.74, 6) is 2.00. The molecular weight excluding hydrogens is 711 g/mol. The summed E-state index contributed by atoms with van der Waals surface area (Å²) in [5.41, 5.74) is 9.57. The minimum atomic E-state index is 0.173. The van der Waals surface area contributed by atoms with Gasteiger partial charge in [-0.3, -0.25) is 0 Å². The summed E-state index contributed by atoms with van der Waals surface area (Å²) in [5, 5.41) is 8.91. The van der Waals surface area contributed by atoms with Crippen molar-refractivity contribution in [1.29, 1.82) is 0 Å². The van der Waals surface area contributed by atoms with Gasteiger partial charge in [0.05, 0.1) is 0 Å². The molecule has 0 amide bonds. The summed E-state index contributed by atoms with van der Waals surface area (Å²) in [4.78, 5) is 15.9. The molecule has 1 aliphatic rings. The van der Waals surface area contributed by atoms with Gasteiger partial charge in [-0.25, -0.2) is 15.0 Å². The Morgan fingerprint density at radius 2 is 1.03 bits per heavy atom. The van der Waals surface area contributed by atoms with E-state index in [0.29, 0.717) is 17.5 Å². The van der Waals surface area contributed by atoms with Crippen molar-refractivity contribution in [3.05, 3.63) is 193 Å². The molecule has 3 aromatic heterocycles. The number of nitrogens with zero attached hydrogens (tertiary/aromatic N) is 3. The highest BCUT2D eigenvalue weighted by molar-refractivity contribution is 6.16. The Morgan fingerprint density at radius 3 is 1.81 bits per heavy atom. The SMILES string of the molecule is C1=CC(c2nc(-c3cc(-c4cccc5oc6ccccc6c45)c4ccccc4c3)nc(-c3cccc4oc5ccccc5c34)n2)=CC(c2ccc3ccccc3c2)C1. The van der Waals surface area contributed by atoms with Crippen molar-refractivity contribution >= 4 is 71.0 Å². The first kappa shape index (κ1) is 32.6. The number of hydrogen-bond donors (Lipinski definition) is 0. The number of allylic oxidation sites excluding steroid dienone is 4. The smallest absolute Gasteiger partial charge is 0.164 e. The van der Waals surface area contributed by atoms with Gasteiger partial charge in [-0.2, -0.15) is 0 Å². The van der Waals surface area contributed by atoms with E-state index in [1.54, 1.807) is 0 Å². The van der Waals surface area contributed by atoms with Crippen LogP contribution in [0.1, 0.15) is 23.7 Å². The summed E-state index contributed by atoms with van der Waals surface area (Å²) in [6.07, 6.45) is 7.62. The number of fused-ring (bicyclic) bond motifs is 8. The summed E-state index contributed by atoms with van der Waals surface area (Å²) < 4.78 is 12.7. The molecule has 0 fully saturated rings. The van der Waals surface area contributed by atoms with Gasteiger partial charge in [0, 0.05) is 44.2 Å². The van der Waals surface area contributed by atoms with Gasteiger partial charge in [-0.15, -0.1) is 0 Å². The third-order valence-corrected chi connectivity index (χ3v) is 11.6. The first-order chi connectivity index (χ1) is 28.7. The topological polar surface area (TPSA) is 65.0 Å². The normalized spacial score (nSPS) is 14.3. The Labute approximate surface area is 333 Å². The molecule has 8 aromatic carbocycles. The fraction of sp³-hybridized carbons (Fsp3) is 0.0377. The molecule has 272 valence electrons. The highest BCUT2D eigenvalue weighted by Crippen LogP contribution is 2.42. The Kier molecular flexibility index (Phi) is 7.29. The van der Waals surface area contributed by atoms with Crippen molar-refractivity contribution < 1.29 is 8.83 Å². The predicted octanol–water partition coefficient (Wildman–Crippen LogP) is 14.1. The lowest BCUT2D eigenvalue weighted by Crippen LogP contribution is -2.06. The Morgan fingerprint density at radius 1 is 0.431 bits per heavy atom. The van der Waals surface area contributed by atoms with Crippen LogP contribution in [0.3, 0.4) is 0 Å². The van der Waals surface area contributed by atoms with Crippen molar-refractivity contribution in [2.24, 2.45) is 0 Å². The van der Waals surface area contributed by atoms with Gasteiger partial charge in [-0.1, -0.05) is 146 Å². The maximum Gasteiger partial charge on any atom is 0.164 e. The summed E-state index contributed by atoms with van der Waals surface area (Å²) in [6, 6.07) is 57.1. The van der Waals surface area contributed by atoms with Crippen LogP contribution in [-0.2, 0) is 0 Å². The molecule has 0 radical (unpaired) electrons. The second-order valence-corrected chi connectivity index (χ2v) is 15.1. The van der Waals surface area contributed by atoms with E-state index in [0.717, 1.165) is 88.9 Å². The molecule has 12 rings (SSSR count). The zero-order chi connectivity index (χ0) is 38.2. The average Bonchev–Trinajstić information content (AvgIpc) is 3.87. The molecule has 58 heavy (non-hydrogen) atoms. The van der Waals surface area contributed by atoms with Crippen molar-refractivity contribution in [1.82, 2.24) is 15.0 Å². The number of aromatic nitrogens is 3. The zero-order valence-corrected chi connectivity index (χ0v) is 31.3. The summed E-state index contributed by atoms with van der Waals surface area (Å²) >= 11 is 0. The molecule has 5 heteroatoms. The van der Waals surface area contributed by atoms with E-state index < -0.39 is 0 Å². The molecule has 1 unspecified atom stereocenters. The lowest BCUT2D eigenvalue weighted by molar-refractivity contribution is 0.668. The van der Waals surface area contributed by atoms with E-state index in [1.165, 1.54) is 16.3 Å². The van der Waals surface area contributed by atoms with Crippen LogP contribution in [0.2, 0.25) is 0 Å². The van der Waals surface area contributed by atoms with Crippen LogP contribution in [0.4, 0.5) is 0 Å². The number of furan rings is 2. The van der Waals surface area contributed by atoms with E-state index in [1.807, 2.05) is 48.5 Å². The van der Waals surface area contributed by atoms with Crippen LogP contribution in [0.25, 0.3) is 105 Å². The van der Waals surface area contributed by atoms with Crippen LogP contribution in [0.5, 0.6) is 0 Å². The first-order valence-electron chi connectivity index (χ1n) is 19.7. The van der Waals surface area contributed by atoms with Crippen molar-refractivity contribution in [3.8, 4) is 33.9 Å². The molecule has 1 atom stereocenters. The van der Waals surface area contributed by atoms with E-state index in [9.17, 15) is 0 Å². The largest absolute Gasteiger partial charge is 0.456 e. The maximum absolute atomic E-state index is 6.36. The molecule has 0 spiro atoms. The third kappa shape index (κ3) is 5.28. The van der Waals surface area contributed by atoms with Gasteiger partial charge in [-0.05, 0) is 81.1 Å². The number of benzene rings is 8. The molecule has 0 saturated heterocycles.